The van der Waals surface area contributed by atoms with Crippen molar-refractivity contribution >= 4 is 36.5 Å². The van der Waals surface area contributed by atoms with E-state index in [-0.39, 0.29) is 0 Å². The van der Waals surface area contributed by atoms with Crippen LogP contribution in [0.15, 0.2) is 60.9 Å². The fourth-order valence-corrected chi connectivity index (χ4v) is 4.43. The normalized spacial score (nSPS) is 10.7. The maximum Gasteiger partial charge on any atom is 0.101 e. The van der Waals surface area contributed by atoms with Gasteiger partial charge >= 0.3 is 0 Å². The molecule has 0 bridgehead atoms. The summed E-state index contributed by atoms with van der Waals surface area (Å²) in [6.45, 7) is 6.45. The van der Waals surface area contributed by atoms with Crippen LogP contribution in [0.5, 0.6) is 0 Å². The number of aryl methyl sites for hydroxylation is 4. The first-order chi connectivity index (χ1) is 16.4. The van der Waals surface area contributed by atoms with Crippen molar-refractivity contribution in [2.45, 2.75) is 33.6 Å². The van der Waals surface area contributed by atoms with Crippen LogP contribution in [0, 0.1) is 18.3 Å². The fraction of sp³-hybridized carbons (Fsp3) is 0.214. The van der Waals surface area contributed by atoms with Gasteiger partial charge in [-0.1, -0.05) is 35.2 Å². The largest absolute Gasteiger partial charge is 0.266 e. The predicted molar refractivity (Wildman–Crippen MR) is 143 cm³/mol. The molecule has 0 fully saturated rings. The summed E-state index contributed by atoms with van der Waals surface area (Å²) in [4.78, 5) is 8.70. The van der Waals surface area contributed by atoms with Gasteiger partial charge < -0.3 is 0 Å². The summed E-state index contributed by atoms with van der Waals surface area (Å²) in [5, 5.41) is 16.0. The molecule has 170 valence electrons. The molecule has 0 saturated carbocycles. The number of aromatic nitrogens is 4. The number of nitriles is 1. The van der Waals surface area contributed by atoms with Gasteiger partial charge in [0, 0.05) is 29.6 Å². The SMILES string of the molecule is CCc1cc2ncc3c(c(-c4ccc(C#N)cc4)nn3C)c2cc1C.CCc1ccnc(P)c1. The summed E-state index contributed by atoms with van der Waals surface area (Å²) >= 11 is 0. The van der Waals surface area contributed by atoms with Crippen LogP contribution in [-0.4, -0.2) is 19.7 Å². The fourth-order valence-electron chi connectivity index (χ4n) is 4.13. The first-order valence-electron chi connectivity index (χ1n) is 11.4. The lowest BCUT2D eigenvalue weighted by molar-refractivity contribution is 0.799. The second kappa shape index (κ2) is 10.1. The Morgan fingerprint density at radius 1 is 1.00 bits per heavy atom. The van der Waals surface area contributed by atoms with Gasteiger partial charge in [-0.2, -0.15) is 10.4 Å². The monoisotopic (exact) mass is 465 g/mol. The lowest BCUT2D eigenvalue weighted by Crippen LogP contribution is -1.96. The minimum absolute atomic E-state index is 0.652. The van der Waals surface area contributed by atoms with Gasteiger partial charge in [-0.15, -0.1) is 0 Å². The Kier molecular flexibility index (Phi) is 7.01. The zero-order chi connectivity index (χ0) is 24.2. The Hall–Kier alpha value is -3.61. The van der Waals surface area contributed by atoms with Crippen LogP contribution in [0.3, 0.4) is 0 Å². The summed E-state index contributed by atoms with van der Waals surface area (Å²) < 4.78 is 1.87. The van der Waals surface area contributed by atoms with E-state index in [1.54, 1.807) is 0 Å². The molecule has 6 heteroatoms. The third kappa shape index (κ3) is 4.69. The first-order valence-corrected chi connectivity index (χ1v) is 12.0. The van der Waals surface area contributed by atoms with E-state index in [0.29, 0.717) is 5.56 Å². The molecule has 0 spiro atoms. The molecule has 5 aromatic rings. The van der Waals surface area contributed by atoms with Crippen LogP contribution in [0.1, 0.15) is 36.1 Å². The van der Waals surface area contributed by atoms with Crippen molar-refractivity contribution in [3.63, 3.8) is 0 Å². The van der Waals surface area contributed by atoms with Crippen molar-refractivity contribution in [3.8, 4) is 17.3 Å². The Morgan fingerprint density at radius 2 is 1.76 bits per heavy atom. The molecule has 3 heterocycles. The number of hydrogen-bond donors (Lipinski definition) is 0. The molecule has 0 saturated heterocycles. The van der Waals surface area contributed by atoms with E-state index in [1.807, 2.05) is 54.5 Å². The quantitative estimate of drug-likeness (QED) is 0.322. The average Bonchev–Trinajstić information content (AvgIpc) is 3.20. The van der Waals surface area contributed by atoms with Gasteiger partial charge in [-0.3, -0.25) is 14.6 Å². The number of hydrogen-bond acceptors (Lipinski definition) is 4. The van der Waals surface area contributed by atoms with Gasteiger partial charge in [0.25, 0.3) is 0 Å². The van der Waals surface area contributed by atoms with E-state index in [2.05, 4.69) is 64.2 Å². The maximum atomic E-state index is 9.02. The molecule has 34 heavy (non-hydrogen) atoms. The molecule has 5 rings (SSSR count). The first kappa shape index (κ1) is 23.5. The van der Waals surface area contributed by atoms with E-state index in [9.17, 15) is 0 Å². The van der Waals surface area contributed by atoms with E-state index in [0.717, 1.165) is 51.3 Å². The highest BCUT2D eigenvalue weighted by atomic mass is 31.0. The van der Waals surface area contributed by atoms with Crippen molar-refractivity contribution in [2.75, 3.05) is 0 Å². The highest BCUT2D eigenvalue weighted by Crippen LogP contribution is 2.34. The molecule has 0 N–H and O–H groups in total. The number of fused-ring (bicyclic) bond motifs is 3. The van der Waals surface area contributed by atoms with Crippen LogP contribution in [0.2, 0.25) is 0 Å². The summed E-state index contributed by atoms with van der Waals surface area (Å²) in [5.41, 5.74) is 9.56. The predicted octanol–water partition coefficient (Wildman–Crippen LogP) is 5.68. The molecule has 0 aliphatic rings. The smallest absolute Gasteiger partial charge is 0.101 e. The molecule has 5 nitrogen and oxygen atoms in total. The number of pyridine rings is 2. The van der Waals surface area contributed by atoms with Crippen LogP contribution >= 0.6 is 9.24 Å². The average molecular weight is 466 g/mol. The van der Waals surface area contributed by atoms with Gasteiger partial charge in [0.1, 0.15) is 5.69 Å². The van der Waals surface area contributed by atoms with E-state index >= 15 is 0 Å². The molecule has 0 radical (unpaired) electrons. The summed E-state index contributed by atoms with van der Waals surface area (Å²) in [6.07, 6.45) is 5.81. The lowest BCUT2D eigenvalue weighted by Gasteiger charge is -2.07. The van der Waals surface area contributed by atoms with Crippen LogP contribution in [-0.2, 0) is 19.9 Å². The zero-order valence-electron chi connectivity index (χ0n) is 20.0. The minimum Gasteiger partial charge on any atom is -0.266 e. The molecule has 0 amide bonds. The summed E-state index contributed by atoms with van der Waals surface area (Å²) in [7, 11) is 4.52. The molecular formula is C28H28N5P. The molecule has 0 aliphatic heterocycles. The topological polar surface area (TPSA) is 67.4 Å². The van der Waals surface area contributed by atoms with Crippen molar-refractivity contribution in [1.29, 1.82) is 5.26 Å². The number of nitrogens with zero attached hydrogens (tertiary/aromatic N) is 5. The second-order valence-electron chi connectivity index (χ2n) is 8.27. The number of benzene rings is 2. The lowest BCUT2D eigenvalue weighted by atomic mass is 9.99. The molecule has 3 aromatic heterocycles. The van der Waals surface area contributed by atoms with Gasteiger partial charge in [0.15, 0.2) is 0 Å². The second-order valence-corrected chi connectivity index (χ2v) is 8.86. The third-order valence-electron chi connectivity index (χ3n) is 6.06. The van der Waals surface area contributed by atoms with Crippen LogP contribution in [0.25, 0.3) is 33.1 Å². The Balaban J connectivity index is 0.000000257. The van der Waals surface area contributed by atoms with E-state index < -0.39 is 0 Å². The van der Waals surface area contributed by atoms with Crippen LogP contribution in [0.4, 0.5) is 0 Å². The number of rotatable bonds is 3. The molecule has 1 unspecified atom stereocenters. The Labute approximate surface area is 202 Å². The minimum atomic E-state index is 0.652. The molecule has 0 aliphatic carbocycles. The van der Waals surface area contributed by atoms with E-state index in [4.69, 9.17) is 10.4 Å². The van der Waals surface area contributed by atoms with Crippen molar-refractivity contribution in [1.82, 2.24) is 19.7 Å². The summed E-state index contributed by atoms with van der Waals surface area (Å²) in [5.74, 6) is 0. The van der Waals surface area contributed by atoms with Gasteiger partial charge in [-0.05, 0) is 72.9 Å². The highest BCUT2D eigenvalue weighted by Gasteiger charge is 2.15. The van der Waals surface area contributed by atoms with Gasteiger partial charge in [-0.25, -0.2) is 0 Å². The zero-order valence-corrected chi connectivity index (χ0v) is 21.2. The Bertz CT molecular complexity index is 1510. The highest BCUT2D eigenvalue weighted by molar-refractivity contribution is 7.26. The van der Waals surface area contributed by atoms with Crippen molar-refractivity contribution < 1.29 is 0 Å². The molecule has 1 atom stereocenters. The summed E-state index contributed by atoms with van der Waals surface area (Å²) in [6, 6.07) is 18.3. The third-order valence-corrected chi connectivity index (χ3v) is 6.38. The van der Waals surface area contributed by atoms with Crippen molar-refractivity contribution in [3.05, 3.63) is 83.2 Å². The van der Waals surface area contributed by atoms with Crippen molar-refractivity contribution in [2.24, 2.45) is 7.05 Å². The van der Waals surface area contributed by atoms with Crippen LogP contribution < -0.4 is 5.44 Å². The standard InChI is InChI=1S/C21H18N4.C7H10NP/c1-4-15-10-18-17(9-13(15)2)20-19(12-23-18)25(3)24-21(20)16-7-5-14(11-22)6-8-16;1-2-6-3-4-8-7(9)5-6/h5-10,12H,4H2,1-3H3;3-5H,2,9H2,1H3. The molecule has 2 aromatic carbocycles. The maximum absolute atomic E-state index is 9.02. The Morgan fingerprint density at radius 3 is 2.38 bits per heavy atom. The molecular weight excluding hydrogens is 437 g/mol. The van der Waals surface area contributed by atoms with Gasteiger partial charge in [0.2, 0.25) is 0 Å². The van der Waals surface area contributed by atoms with Gasteiger partial charge in [0.05, 0.1) is 34.3 Å². The van der Waals surface area contributed by atoms with E-state index in [1.165, 1.54) is 16.7 Å².